The van der Waals surface area contributed by atoms with Crippen LogP contribution in [0.15, 0.2) is 34.5 Å². The third-order valence-corrected chi connectivity index (χ3v) is 4.94. The molecule has 1 aromatic carbocycles. The van der Waals surface area contributed by atoms with Crippen molar-refractivity contribution in [2.24, 2.45) is 10.9 Å². The number of Topliss-reactive ketones (excluding diaryl/α,β-unsaturated/α-hetero) is 1. The van der Waals surface area contributed by atoms with Gasteiger partial charge in [-0.15, -0.1) is 0 Å². The van der Waals surface area contributed by atoms with Gasteiger partial charge in [0.1, 0.15) is 5.92 Å². The molecule has 1 aliphatic carbocycles. The summed E-state index contributed by atoms with van der Waals surface area (Å²) < 4.78 is 10.4. The van der Waals surface area contributed by atoms with Gasteiger partial charge in [0, 0.05) is 29.3 Å². The van der Waals surface area contributed by atoms with E-state index in [2.05, 4.69) is 4.99 Å². The van der Waals surface area contributed by atoms with E-state index in [0.29, 0.717) is 35.4 Å². The lowest BCUT2D eigenvalue weighted by molar-refractivity contribution is -0.146. The predicted molar refractivity (Wildman–Crippen MR) is 96.5 cm³/mol. The Bertz CT molecular complexity index is 808. The molecule has 0 saturated carbocycles. The van der Waals surface area contributed by atoms with Crippen LogP contribution in [0.3, 0.4) is 0 Å². The molecule has 1 heterocycles. The van der Waals surface area contributed by atoms with Crippen LogP contribution in [0, 0.1) is 5.92 Å². The summed E-state index contributed by atoms with van der Waals surface area (Å²) in [5, 5.41) is 10.2. The number of phenolic OH excluding ortho intramolecular Hbond substituents is 1. The Morgan fingerprint density at radius 2 is 2.12 bits per heavy atom. The summed E-state index contributed by atoms with van der Waals surface area (Å²) in [5.74, 6) is -1.27. The number of carbonyl (C=O) groups is 2. The molecule has 2 atom stereocenters. The highest BCUT2D eigenvalue weighted by molar-refractivity contribution is 6.08. The number of hydrogen-bond donors (Lipinski definition) is 1. The molecule has 0 aromatic heterocycles. The van der Waals surface area contributed by atoms with Crippen molar-refractivity contribution in [3.8, 4) is 11.5 Å². The third-order valence-electron chi connectivity index (χ3n) is 4.94. The lowest BCUT2D eigenvalue weighted by atomic mass is 9.71. The van der Waals surface area contributed by atoms with Gasteiger partial charge in [0.25, 0.3) is 0 Å². The molecule has 138 valence electrons. The number of ketones is 1. The van der Waals surface area contributed by atoms with Crippen molar-refractivity contribution in [2.75, 3.05) is 13.7 Å². The Morgan fingerprint density at radius 1 is 1.35 bits per heavy atom. The second kappa shape index (κ2) is 7.32. The van der Waals surface area contributed by atoms with Gasteiger partial charge >= 0.3 is 5.97 Å². The highest BCUT2D eigenvalue weighted by atomic mass is 16.5. The Hall–Kier alpha value is -2.63. The molecule has 6 nitrogen and oxygen atoms in total. The van der Waals surface area contributed by atoms with Crippen molar-refractivity contribution in [2.45, 2.75) is 39.0 Å². The highest BCUT2D eigenvalue weighted by Crippen LogP contribution is 2.45. The monoisotopic (exact) mass is 357 g/mol. The first kappa shape index (κ1) is 18.2. The molecular weight excluding hydrogens is 334 g/mol. The molecule has 0 spiro atoms. The minimum absolute atomic E-state index is 0.0112. The number of aromatic hydroxyl groups is 1. The van der Waals surface area contributed by atoms with E-state index < -0.39 is 17.8 Å². The quantitative estimate of drug-likeness (QED) is 0.837. The van der Waals surface area contributed by atoms with Crippen LogP contribution in [0.4, 0.5) is 0 Å². The number of methoxy groups -OCH3 is 1. The zero-order chi connectivity index (χ0) is 18.8. The molecule has 2 aliphatic rings. The van der Waals surface area contributed by atoms with Gasteiger partial charge in [-0.2, -0.15) is 0 Å². The van der Waals surface area contributed by atoms with Crippen LogP contribution in [0.25, 0.3) is 0 Å². The van der Waals surface area contributed by atoms with Crippen LogP contribution in [0.1, 0.15) is 44.6 Å². The predicted octanol–water partition coefficient (Wildman–Crippen LogP) is 3.15. The molecule has 0 saturated heterocycles. The summed E-state index contributed by atoms with van der Waals surface area (Å²) in [5.41, 5.74) is 2.64. The number of nitrogens with zero attached hydrogens (tertiary/aromatic N) is 1. The van der Waals surface area contributed by atoms with Gasteiger partial charge in [0.15, 0.2) is 17.3 Å². The SMILES string of the molecule is CCOC(=O)C1C(C)=NC2=C(C(=O)CCC2)[C@H]1c1ccc(OC)c(O)c1. The zero-order valence-electron chi connectivity index (χ0n) is 15.2. The molecule has 0 bridgehead atoms. The number of carbonyl (C=O) groups excluding carboxylic acids is 2. The standard InChI is InChI=1S/C20H23NO5/c1-4-26-20(24)17-11(2)21-13-6-5-7-14(22)19(13)18(17)12-8-9-16(25-3)15(23)10-12/h8-10,17-18,23H,4-7H2,1-3H3/t17?,18-/m0/s1. The molecule has 1 unspecified atom stereocenters. The number of aliphatic imine (C=N–C) groups is 1. The van der Waals surface area contributed by atoms with Crippen molar-refractivity contribution < 1.29 is 24.2 Å². The van der Waals surface area contributed by atoms with Crippen molar-refractivity contribution >= 4 is 17.5 Å². The molecule has 0 fully saturated rings. The second-order valence-electron chi connectivity index (χ2n) is 6.53. The molecule has 0 radical (unpaired) electrons. The first-order valence-electron chi connectivity index (χ1n) is 8.82. The normalized spacial score (nSPS) is 22.6. The van der Waals surface area contributed by atoms with Gasteiger partial charge in [0.2, 0.25) is 0 Å². The van der Waals surface area contributed by atoms with Crippen molar-refractivity contribution in [1.82, 2.24) is 0 Å². The molecule has 0 amide bonds. The van der Waals surface area contributed by atoms with Crippen LogP contribution in [-0.4, -0.2) is 36.3 Å². The highest BCUT2D eigenvalue weighted by Gasteiger charge is 2.43. The summed E-state index contributed by atoms with van der Waals surface area (Å²) in [6, 6.07) is 4.98. The topological polar surface area (TPSA) is 85.2 Å². The first-order chi connectivity index (χ1) is 12.5. The molecule has 1 aromatic rings. The molecule has 1 aliphatic heterocycles. The number of benzene rings is 1. The van der Waals surface area contributed by atoms with E-state index in [-0.39, 0.29) is 18.1 Å². The fourth-order valence-electron chi connectivity index (χ4n) is 3.80. The smallest absolute Gasteiger partial charge is 0.315 e. The Kier molecular flexibility index (Phi) is 5.11. The van der Waals surface area contributed by atoms with Crippen molar-refractivity contribution in [3.63, 3.8) is 0 Å². The summed E-state index contributed by atoms with van der Waals surface area (Å²) in [6.07, 6.45) is 1.92. The number of hydrogen-bond acceptors (Lipinski definition) is 6. The maximum absolute atomic E-state index is 12.7. The van der Waals surface area contributed by atoms with E-state index in [1.165, 1.54) is 7.11 Å². The van der Waals surface area contributed by atoms with Gasteiger partial charge in [-0.3, -0.25) is 14.6 Å². The molecular formula is C20H23NO5. The Labute approximate surface area is 152 Å². The average molecular weight is 357 g/mol. The van der Waals surface area contributed by atoms with E-state index in [4.69, 9.17) is 9.47 Å². The third kappa shape index (κ3) is 3.11. The molecule has 1 N–H and O–H groups in total. The molecule has 6 heteroatoms. The minimum atomic E-state index is -0.677. The van der Waals surface area contributed by atoms with Crippen molar-refractivity contribution in [1.29, 1.82) is 0 Å². The van der Waals surface area contributed by atoms with E-state index >= 15 is 0 Å². The van der Waals surface area contributed by atoms with Crippen LogP contribution >= 0.6 is 0 Å². The van der Waals surface area contributed by atoms with Crippen LogP contribution in [0.2, 0.25) is 0 Å². The molecule has 3 rings (SSSR count). The Morgan fingerprint density at radius 3 is 2.77 bits per heavy atom. The molecule has 26 heavy (non-hydrogen) atoms. The lowest BCUT2D eigenvalue weighted by Gasteiger charge is -2.34. The first-order valence-corrected chi connectivity index (χ1v) is 8.82. The van der Waals surface area contributed by atoms with Crippen LogP contribution < -0.4 is 4.74 Å². The number of esters is 1. The minimum Gasteiger partial charge on any atom is -0.504 e. The summed E-state index contributed by atoms with van der Waals surface area (Å²) in [4.78, 5) is 29.9. The van der Waals surface area contributed by atoms with Crippen LogP contribution in [0.5, 0.6) is 11.5 Å². The summed E-state index contributed by atoms with van der Waals surface area (Å²) in [6.45, 7) is 3.79. The maximum atomic E-state index is 12.7. The van der Waals surface area contributed by atoms with E-state index in [1.807, 2.05) is 0 Å². The van der Waals surface area contributed by atoms with Gasteiger partial charge in [0.05, 0.1) is 13.7 Å². The summed E-state index contributed by atoms with van der Waals surface area (Å²) >= 11 is 0. The van der Waals surface area contributed by atoms with Gasteiger partial charge in [-0.25, -0.2) is 0 Å². The lowest BCUT2D eigenvalue weighted by Crippen LogP contribution is -2.37. The largest absolute Gasteiger partial charge is 0.504 e. The van der Waals surface area contributed by atoms with Crippen molar-refractivity contribution in [3.05, 3.63) is 35.0 Å². The number of ether oxygens (including phenoxy) is 2. The van der Waals surface area contributed by atoms with E-state index in [1.54, 1.807) is 32.0 Å². The zero-order valence-corrected chi connectivity index (χ0v) is 15.2. The number of phenols is 1. The van der Waals surface area contributed by atoms with E-state index in [9.17, 15) is 14.7 Å². The maximum Gasteiger partial charge on any atom is 0.315 e. The van der Waals surface area contributed by atoms with Gasteiger partial charge in [-0.1, -0.05) is 6.07 Å². The number of rotatable bonds is 4. The second-order valence-corrected chi connectivity index (χ2v) is 6.53. The average Bonchev–Trinajstić information content (AvgIpc) is 2.60. The fraction of sp³-hybridized carbons (Fsp3) is 0.450. The summed E-state index contributed by atoms with van der Waals surface area (Å²) in [7, 11) is 1.47. The fourth-order valence-corrected chi connectivity index (χ4v) is 3.80. The van der Waals surface area contributed by atoms with Gasteiger partial charge < -0.3 is 14.6 Å². The van der Waals surface area contributed by atoms with E-state index in [0.717, 1.165) is 12.1 Å². The Balaban J connectivity index is 2.15. The number of allylic oxidation sites excluding steroid dienone is 2. The van der Waals surface area contributed by atoms with Gasteiger partial charge in [-0.05, 0) is 44.4 Å². The van der Waals surface area contributed by atoms with Crippen LogP contribution in [-0.2, 0) is 14.3 Å².